The largest absolute Gasteiger partial charge is 0.491 e. The highest BCUT2D eigenvalue weighted by atomic mass is 16.5. The number of ether oxygens (including phenoxy) is 1. The van der Waals surface area contributed by atoms with E-state index in [0.717, 1.165) is 41.9 Å². The number of para-hydroxylation sites is 2. The zero-order valence-electron chi connectivity index (χ0n) is 10.6. The van der Waals surface area contributed by atoms with E-state index in [2.05, 4.69) is 11.0 Å². The molecule has 3 rings (SSSR count). The summed E-state index contributed by atoms with van der Waals surface area (Å²) in [5, 5.41) is 0. The van der Waals surface area contributed by atoms with Gasteiger partial charge in [-0.1, -0.05) is 30.3 Å². The van der Waals surface area contributed by atoms with Crippen LogP contribution in [0.2, 0.25) is 0 Å². The second-order valence-corrected chi connectivity index (χ2v) is 4.55. The first-order valence-electron chi connectivity index (χ1n) is 6.38. The number of hydrogen-bond donors (Lipinski definition) is 0. The van der Waals surface area contributed by atoms with Crippen LogP contribution in [-0.4, -0.2) is 19.4 Å². The lowest BCUT2D eigenvalue weighted by Crippen LogP contribution is -2.26. The van der Waals surface area contributed by atoms with Crippen molar-refractivity contribution in [3.8, 4) is 5.75 Å². The standard InChI is InChI=1S/C16H15NO2/c18-12-14-6-1-3-7-15(14)17-9-10-19-16-8-4-2-5-13(16)11-17/h1-8,12H,9-11H2. The summed E-state index contributed by atoms with van der Waals surface area (Å²) < 4.78 is 5.74. The quantitative estimate of drug-likeness (QED) is 0.771. The van der Waals surface area contributed by atoms with Crippen molar-refractivity contribution in [2.24, 2.45) is 0 Å². The Morgan fingerprint density at radius 3 is 2.74 bits per heavy atom. The van der Waals surface area contributed by atoms with Crippen molar-refractivity contribution in [2.45, 2.75) is 6.54 Å². The Morgan fingerprint density at radius 1 is 1.05 bits per heavy atom. The molecular weight excluding hydrogens is 238 g/mol. The SMILES string of the molecule is O=Cc1ccccc1N1CCOc2ccccc2C1. The fourth-order valence-corrected chi connectivity index (χ4v) is 2.41. The van der Waals surface area contributed by atoms with Crippen molar-refractivity contribution in [2.75, 3.05) is 18.1 Å². The summed E-state index contributed by atoms with van der Waals surface area (Å²) in [5.74, 6) is 0.939. The van der Waals surface area contributed by atoms with Gasteiger partial charge in [0.2, 0.25) is 0 Å². The van der Waals surface area contributed by atoms with Gasteiger partial charge in [-0.3, -0.25) is 4.79 Å². The smallest absolute Gasteiger partial charge is 0.152 e. The van der Waals surface area contributed by atoms with Gasteiger partial charge in [-0.25, -0.2) is 0 Å². The maximum atomic E-state index is 11.1. The molecule has 0 aromatic heterocycles. The van der Waals surface area contributed by atoms with Gasteiger partial charge in [0, 0.05) is 23.4 Å². The van der Waals surface area contributed by atoms with Gasteiger partial charge in [-0.05, 0) is 18.2 Å². The van der Waals surface area contributed by atoms with Crippen molar-refractivity contribution < 1.29 is 9.53 Å². The number of benzene rings is 2. The highest BCUT2D eigenvalue weighted by Crippen LogP contribution is 2.27. The van der Waals surface area contributed by atoms with Crippen LogP contribution in [0.3, 0.4) is 0 Å². The number of aldehydes is 1. The monoisotopic (exact) mass is 253 g/mol. The first-order chi connectivity index (χ1) is 9.38. The average Bonchev–Trinajstić information content (AvgIpc) is 2.69. The Kier molecular flexibility index (Phi) is 3.19. The molecule has 0 N–H and O–H groups in total. The first kappa shape index (κ1) is 11.8. The third-order valence-electron chi connectivity index (χ3n) is 3.36. The molecule has 3 nitrogen and oxygen atoms in total. The fourth-order valence-electron chi connectivity index (χ4n) is 2.41. The number of hydrogen-bond acceptors (Lipinski definition) is 3. The highest BCUT2D eigenvalue weighted by Gasteiger charge is 2.17. The van der Waals surface area contributed by atoms with Crippen molar-refractivity contribution >= 4 is 12.0 Å². The minimum atomic E-state index is 0.629. The van der Waals surface area contributed by atoms with E-state index in [1.165, 1.54) is 0 Å². The molecule has 0 fully saturated rings. The molecule has 0 aliphatic carbocycles. The number of rotatable bonds is 2. The van der Waals surface area contributed by atoms with Crippen LogP contribution in [0, 0.1) is 0 Å². The van der Waals surface area contributed by atoms with Crippen LogP contribution in [-0.2, 0) is 6.54 Å². The molecule has 19 heavy (non-hydrogen) atoms. The average molecular weight is 253 g/mol. The van der Waals surface area contributed by atoms with Crippen LogP contribution in [0.1, 0.15) is 15.9 Å². The predicted octanol–water partition coefficient (Wildman–Crippen LogP) is 2.90. The summed E-state index contributed by atoms with van der Waals surface area (Å²) in [4.78, 5) is 13.3. The predicted molar refractivity (Wildman–Crippen MR) is 74.8 cm³/mol. The lowest BCUT2D eigenvalue weighted by molar-refractivity contribution is 0.112. The zero-order chi connectivity index (χ0) is 13.1. The molecule has 1 aliphatic heterocycles. The van der Waals surface area contributed by atoms with Gasteiger partial charge < -0.3 is 9.64 Å². The first-order valence-corrected chi connectivity index (χ1v) is 6.38. The van der Waals surface area contributed by atoms with E-state index in [-0.39, 0.29) is 0 Å². The van der Waals surface area contributed by atoms with Gasteiger partial charge in [0.25, 0.3) is 0 Å². The summed E-state index contributed by atoms with van der Waals surface area (Å²) in [7, 11) is 0. The summed E-state index contributed by atoms with van der Waals surface area (Å²) in [6.45, 7) is 2.17. The molecule has 96 valence electrons. The van der Waals surface area contributed by atoms with E-state index in [0.29, 0.717) is 6.61 Å². The van der Waals surface area contributed by atoms with Crippen molar-refractivity contribution in [1.82, 2.24) is 0 Å². The Hall–Kier alpha value is -2.29. The van der Waals surface area contributed by atoms with E-state index in [1.807, 2.05) is 42.5 Å². The molecule has 1 heterocycles. The molecule has 3 heteroatoms. The second kappa shape index (κ2) is 5.14. The number of anilines is 1. The Balaban J connectivity index is 1.96. The third kappa shape index (κ3) is 2.32. The topological polar surface area (TPSA) is 29.5 Å². The minimum Gasteiger partial charge on any atom is -0.491 e. The molecule has 0 amide bonds. The molecule has 0 atom stereocenters. The normalized spacial score (nSPS) is 14.2. The van der Waals surface area contributed by atoms with Gasteiger partial charge in [0.05, 0.1) is 6.54 Å². The van der Waals surface area contributed by atoms with Crippen molar-refractivity contribution in [3.05, 3.63) is 59.7 Å². The Morgan fingerprint density at radius 2 is 1.84 bits per heavy atom. The van der Waals surface area contributed by atoms with Gasteiger partial charge in [0.1, 0.15) is 12.4 Å². The van der Waals surface area contributed by atoms with Gasteiger partial charge in [-0.2, -0.15) is 0 Å². The van der Waals surface area contributed by atoms with Crippen molar-refractivity contribution in [3.63, 3.8) is 0 Å². The number of fused-ring (bicyclic) bond motifs is 1. The van der Waals surface area contributed by atoms with E-state index in [1.54, 1.807) is 0 Å². The maximum absolute atomic E-state index is 11.1. The number of nitrogens with zero attached hydrogens (tertiary/aromatic N) is 1. The molecule has 0 radical (unpaired) electrons. The zero-order valence-corrected chi connectivity index (χ0v) is 10.6. The Labute approximate surface area is 112 Å². The summed E-state index contributed by atoms with van der Waals surface area (Å²) in [5.41, 5.74) is 2.85. The van der Waals surface area contributed by atoms with E-state index in [9.17, 15) is 4.79 Å². The van der Waals surface area contributed by atoms with Gasteiger partial charge >= 0.3 is 0 Å². The van der Waals surface area contributed by atoms with Crippen LogP contribution >= 0.6 is 0 Å². The molecule has 0 saturated heterocycles. The lowest BCUT2D eigenvalue weighted by atomic mass is 10.1. The van der Waals surface area contributed by atoms with Crippen LogP contribution < -0.4 is 9.64 Å². The molecule has 2 aromatic carbocycles. The number of carbonyl (C=O) groups excluding carboxylic acids is 1. The maximum Gasteiger partial charge on any atom is 0.152 e. The van der Waals surface area contributed by atoms with E-state index in [4.69, 9.17) is 4.74 Å². The molecule has 0 spiro atoms. The lowest BCUT2D eigenvalue weighted by Gasteiger charge is -2.23. The Bertz CT molecular complexity index is 595. The molecule has 2 aromatic rings. The van der Waals surface area contributed by atoms with Crippen LogP contribution in [0.25, 0.3) is 0 Å². The molecule has 0 saturated carbocycles. The minimum absolute atomic E-state index is 0.629. The molecule has 1 aliphatic rings. The fraction of sp³-hybridized carbons (Fsp3) is 0.188. The van der Waals surface area contributed by atoms with Crippen LogP contribution in [0.4, 0.5) is 5.69 Å². The second-order valence-electron chi connectivity index (χ2n) is 4.55. The van der Waals surface area contributed by atoms with Crippen molar-refractivity contribution in [1.29, 1.82) is 0 Å². The molecule has 0 unspecified atom stereocenters. The van der Waals surface area contributed by atoms with Crippen LogP contribution in [0.15, 0.2) is 48.5 Å². The van der Waals surface area contributed by atoms with Crippen LogP contribution in [0.5, 0.6) is 5.75 Å². The summed E-state index contributed by atoms with van der Waals surface area (Å²) >= 11 is 0. The highest BCUT2D eigenvalue weighted by molar-refractivity contribution is 5.84. The molecule has 0 bridgehead atoms. The summed E-state index contributed by atoms with van der Waals surface area (Å²) in [6, 6.07) is 15.7. The summed E-state index contributed by atoms with van der Waals surface area (Å²) in [6.07, 6.45) is 0.910. The number of carbonyl (C=O) groups is 1. The third-order valence-corrected chi connectivity index (χ3v) is 3.36. The van der Waals surface area contributed by atoms with Gasteiger partial charge in [0.15, 0.2) is 6.29 Å². The van der Waals surface area contributed by atoms with E-state index >= 15 is 0 Å². The van der Waals surface area contributed by atoms with Gasteiger partial charge in [-0.15, -0.1) is 0 Å². The van der Waals surface area contributed by atoms with E-state index < -0.39 is 0 Å². The molecular formula is C16H15NO2.